The topological polar surface area (TPSA) is 47.0 Å². The lowest BCUT2D eigenvalue weighted by molar-refractivity contribution is 0.608. The normalized spacial score (nSPS) is 11.4. The number of nitrogens with zero attached hydrogens (tertiary/aromatic N) is 1. The van der Waals surface area contributed by atoms with Crippen molar-refractivity contribution < 1.29 is 8.42 Å². The Morgan fingerprint density at radius 1 is 1.42 bits per heavy atom. The second kappa shape index (κ2) is 3.87. The first-order valence-electron chi connectivity index (χ1n) is 3.40. The third-order valence-electron chi connectivity index (χ3n) is 1.33. The molecule has 0 aliphatic carbocycles. The van der Waals surface area contributed by atoms with Crippen LogP contribution in [0.15, 0.2) is 24.4 Å². The lowest BCUT2D eigenvalue weighted by atomic mass is 10.3. The van der Waals surface area contributed by atoms with E-state index in [1.165, 1.54) is 0 Å². The number of hydrogen-bond donors (Lipinski definition) is 0. The first-order valence-corrected chi connectivity index (χ1v) is 5.88. The van der Waals surface area contributed by atoms with Gasteiger partial charge >= 0.3 is 0 Å². The first-order chi connectivity index (χ1) is 5.58. The van der Waals surface area contributed by atoms with E-state index in [0.29, 0.717) is 6.42 Å². The molecular weight excluding hydrogens is 198 g/mol. The summed E-state index contributed by atoms with van der Waals surface area (Å²) < 4.78 is 21.1. The highest BCUT2D eigenvalue weighted by atomic mass is 35.7. The third kappa shape index (κ3) is 3.69. The highest BCUT2D eigenvalue weighted by Crippen LogP contribution is 2.01. The van der Waals surface area contributed by atoms with Crippen molar-refractivity contribution in [2.24, 2.45) is 0 Å². The molecule has 12 heavy (non-hydrogen) atoms. The molecule has 0 aromatic carbocycles. The molecule has 0 amide bonds. The van der Waals surface area contributed by atoms with Gasteiger partial charge in [0.15, 0.2) is 0 Å². The number of hydrogen-bond acceptors (Lipinski definition) is 3. The van der Waals surface area contributed by atoms with Crippen LogP contribution in [0, 0.1) is 0 Å². The standard InChI is InChI=1S/C7H8ClNO2S/c8-12(10,11)6-4-7-3-1-2-5-9-7/h1-3,5H,4,6H2. The molecule has 0 saturated carbocycles. The minimum atomic E-state index is -3.39. The first kappa shape index (κ1) is 9.48. The summed E-state index contributed by atoms with van der Waals surface area (Å²) in [6.07, 6.45) is 1.99. The van der Waals surface area contributed by atoms with Crippen molar-refractivity contribution >= 4 is 19.7 Å². The van der Waals surface area contributed by atoms with Gasteiger partial charge in [0.25, 0.3) is 0 Å². The Morgan fingerprint density at radius 3 is 2.67 bits per heavy atom. The van der Waals surface area contributed by atoms with Crippen LogP contribution in [0.5, 0.6) is 0 Å². The Hall–Kier alpha value is -0.610. The van der Waals surface area contributed by atoms with Crippen molar-refractivity contribution in [1.29, 1.82) is 0 Å². The SMILES string of the molecule is O=S(=O)(Cl)CCc1ccccn1. The summed E-state index contributed by atoms with van der Waals surface area (Å²) in [5.74, 6) is -0.0639. The highest BCUT2D eigenvalue weighted by molar-refractivity contribution is 8.13. The zero-order valence-corrected chi connectivity index (χ0v) is 7.85. The number of halogens is 1. The molecule has 0 saturated heterocycles. The average molecular weight is 206 g/mol. The van der Waals surface area contributed by atoms with E-state index >= 15 is 0 Å². The quantitative estimate of drug-likeness (QED) is 0.697. The molecule has 0 N–H and O–H groups in total. The van der Waals surface area contributed by atoms with Crippen molar-refractivity contribution in [1.82, 2.24) is 4.98 Å². The van der Waals surface area contributed by atoms with Crippen molar-refractivity contribution in [3.63, 3.8) is 0 Å². The highest BCUT2D eigenvalue weighted by Gasteiger charge is 2.05. The van der Waals surface area contributed by atoms with Gasteiger partial charge in [-0.15, -0.1) is 0 Å². The van der Waals surface area contributed by atoms with Gasteiger partial charge in [0, 0.05) is 29.0 Å². The maximum atomic E-state index is 10.5. The van der Waals surface area contributed by atoms with E-state index in [1.54, 1.807) is 18.3 Å². The van der Waals surface area contributed by atoms with E-state index < -0.39 is 9.05 Å². The molecule has 1 heterocycles. The third-order valence-corrected chi connectivity index (χ3v) is 2.48. The molecule has 1 aromatic heterocycles. The van der Waals surface area contributed by atoms with Crippen molar-refractivity contribution in [3.05, 3.63) is 30.1 Å². The second-order valence-electron chi connectivity index (χ2n) is 2.31. The van der Waals surface area contributed by atoms with Gasteiger partial charge in [-0.2, -0.15) is 0 Å². The van der Waals surface area contributed by atoms with E-state index in [1.807, 2.05) is 6.07 Å². The van der Waals surface area contributed by atoms with Gasteiger partial charge in [-0.05, 0) is 12.1 Å². The molecule has 0 aliphatic heterocycles. The summed E-state index contributed by atoms with van der Waals surface area (Å²) in [6, 6.07) is 5.35. The van der Waals surface area contributed by atoms with Crippen LogP contribution in [0.1, 0.15) is 5.69 Å². The van der Waals surface area contributed by atoms with Gasteiger partial charge in [-0.25, -0.2) is 8.42 Å². The van der Waals surface area contributed by atoms with Crippen LogP contribution in [-0.4, -0.2) is 19.2 Å². The maximum Gasteiger partial charge on any atom is 0.232 e. The van der Waals surface area contributed by atoms with Crippen LogP contribution in [0.2, 0.25) is 0 Å². The molecular formula is C7H8ClNO2S. The van der Waals surface area contributed by atoms with Gasteiger partial charge in [0.05, 0.1) is 5.75 Å². The van der Waals surface area contributed by atoms with Crippen LogP contribution in [0.4, 0.5) is 0 Å². The monoisotopic (exact) mass is 205 g/mol. The largest absolute Gasteiger partial charge is 0.261 e. The van der Waals surface area contributed by atoms with Crippen LogP contribution in [0.25, 0.3) is 0 Å². The molecule has 66 valence electrons. The number of rotatable bonds is 3. The van der Waals surface area contributed by atoms with Gasteiger partial charge in [-0.3, -0.25) is 4.98 Å². The molecule has 0 bridgehead atoms. The molecule has 1 rings (SSSR count). The maximum absolute atomic E-state index is 10.5. The van der Waals surface area contributed by atoms with Crippen LogP contribution in [0.3, 0.4) is 0 Å². The van der Waals surface area contributed by atoms with Gasteiger partial charge in [0.1, 0.15) is 0 Å². The van der Waals surface area contributed by atoms with E-state index in [0.717, 1.165) is 5.69 Å². The minimum Gasteiger partial charge on any atom is -0.261 e. The second-order valence-corrected chi connectivity index (χ2v) is 5.21. The lowest BCUT2D eigenvalue weighted by Crippen LogP contribution is -2.02. The summed E-state index contributed by atoms with van der Waals surface area (Å²) in [5.41, 5.74) is 0.738. The van der Waals surface area contributed by atoms with E-state index in [-0.39, 0.29) is 5.75 Å². The molecule has 0 radical (unpaired) electrons. The Bertz CT molecular complexity index is 336. The molecule has 0 spiro atoms. The minimum absolute atomic E-state index is 0.0639. The van der Waals surface area contributed by atoms with E-state index in [2.05, 4.69) is 4.98 Å². The Labute approximate surface area is 75.8 Å². The van der Waals surface area contributed by atoms with Gasteiger partial charge < -0.3 is 0 Å². The van der Waals surface area contributed by atoms with Crippen LogP contribution >= 0.6 is 10.7 Å². The van der Waals surface area contributed by atoms with E-state index in [9.17, 15) is 8.42 Å². The molecule has 1 aromatic rings. The molecule has 0 fully saturated rings. The molecule has 5 heteroatoms. The zero-order valence-electron chi connectivity index (χ0n) is 6.27. The Kier molecular flexibility index (Phi) is 3.05. The number of aryl methyl sites for hydroxylation is 1. The summed E-state index contributed by atoms with van der Waals surface area (Å²) in [6.45, 7) is 0. The molecule has 0 atom stereocenters. The number of pyridine rings is 1. The van der Waals surface area contributed by atoms with Crippen LogP contribution < -0.4 is 0 Å². The molecule has 3 nitrogen and oxygen atoms in total. The van der Waals surface area contributed by atoms with Gasteiger partial charge in [-0.1, -0.05) is 6.07 Å². The Balaban J connectivity index is 2.56. The molecule has 0 aliphatic rings. The fourth-order valence-electron chi connectivity index (χ4n) is 0.772. The summed E-state index contributed by atoms with van der Waals surface area (Å²) >= 11 is 0. The number of aromatic nitrogens is 1. The smallest absolute Gasteiger partial charge is 0.232 e. The predicted molar refractivity (Wildman–Crippen MR) is 47.6 cm³/mol. The Morgan fingerprint density at radius 2 is 2.17 bits per heavy atom. The summed E-state index contributed by atoms with van der Waals surface area (Å²) in [7, 11) is 1.64. The summed E-state index contributed by atoms with van der Waals surface area (Å²) in [5, 5.41) is 0. The fraction of sp³-hybridized carbons (Fsp3) is 0.286. The van der Waals surface area contributed by atoms with Crippen LogP contribution in [-0.2, 0) is 15.5 Å². The lowest BCUT2D eigenvalue weighted by Gasteiger charge is -1.95. The van der Waals surface area contributed by atoms with Crippen molar-refractivity contribution in [2.75, 3.05) is 5.75 Å². The van der Waals surface area contributed by atoms with Gasteiger partial charge in [0.2, 0.25) is 9.05 Å². The fourth-order valence-corrected chi connectivity index (χ4v) is 1.46. The zero-order chi connectivity index (χ0) is 9.03. The molecule has 0 unspecified atom stereocenters. The predicted octanol–water partition coefficient (Wildman–Crippen LogP) is 1.19. The summed E-state index contributed by atoms with van der Waals surface area (Å²) in [4.78, 5) is 3.96. The van der Waals surface area contributed by atoms with E-state index in [4.69, 9.17) is 10.7 Å². The van der Waals surface area contributed by atoms with Crippen molar-refractivity contribution in [2.45, 2.75) is 6.42 Å². The average Bonchev–Trinajstić information content (AvgIpc) is 2.02. The van der Waals surface area contributed by atoms with Crippen molar-refractivity contribution in [3.8, 4) is 0 Å².